The second kappa shape index (κ2) is 5.01. The molecule has 0 spiro atoms. The fourth-order valence-corrected chi connectivity index (χ4v) is 1.35. The number of rotatable bonds is 3. The highest BCUT2D eigenvalue weighted by molar-refractivity contribution is 6.30. The Hall–Kier alpha value is -1.24. The fourth-order valence-electron chi connectivity index (χ4n) is 1.17. The second-order valence-electron chi connectivity index (χ2n) is 3.25. The number of ether oxygens (including phenoxy) is 1. The monoisotopic (exact) mass is 225 g/mol. The van der Waals surface area contributed by atoms with Crippen molar-refractivity contribution in [3.05, 3.63) is 28.8 Å². The molecule has 1 N–H and O–H groups in total. The average molecular weight is 226 g/mol. The number of hydrogen-bond donors (Lipinski definition) is 1. The Morgan fingerprint density at radius 2 is 2.13 bits per heavy atom. The number of aliphatic hydroxyl groups is 1. The second-order valence-corrected chi connectivity index (χ2v) is 3.68. The third kappa shape index (κ3) is 3.12. The molecule has 1 rings (SSSR count). The predicted octanol–water partition coefficient (Wildman–Crippen LogP) is 2.68. The Kier molecular flexibility index (Phi) is 3.96. The van der Waals surface area contributed by atoms with E-state index >= 15 is 0 Å². The van der Waals surface area contributed by atoms with Gasteiger partial charge in [0.2, 0.25) is 0 Å². The van der Waals surface area contributed by atoms with Gasteiger partial charge in [0.05, 0.1) is 6.10 Å². The summed E-state index contributed by atoms with van der Waals surface area (Å²) in [5.74, 6) is 0.489. The summed E-state index contributed by atoms with van der Waals surface area (Å²) >= 11 is 5.80. The minimum Gasteiger partial charge on any atom is -0.475 e. The van der Waals surface area contributed by atoms with Crippen LogP contribution in [0.25, 0.3) is 0 Å². The van der Waals surface area contributed by atoms with Crippen molar-refractivity contribution in [1.82, 2.24) is 0 Å². The topological polar surface area (TPSA) is 53.2 Å². The van der Waals surface area contributed by atoms with Crippen LogP contribution in [0.5, 0.6) is 5.75 Å². The van der Waals surface area contributed by atoms with E-state index in [1.54, 1.807) is 32.0 Å². The van der Waals surface area contributed by atoms with Crippen LogP contribution in [0, 0.1) is 11.3 Å². The zero-order valence-corrected chi connectivity index (χ0v) is 9.32. The maximum atomic E-state index is 9.49. The van der Waals surface area contributed by atoms with Crippen molar-refractivity contribution >= 4 is 11.6 Å². The van der Waals surface area contributed by atoms with Gasteiger partial charge in [0.25, 0.3) is 0 Å². The van der Waals surface area contributed by atoms with E-state index in [0.717, 1.165) is 0 Å². The lowest BCUT2D eigenvalue weighted by Gasteiger charge is -2.14. The first-order chi connectivity index (χ1) is 7.04. The molecule has 4 heteroatoms. The zero-order chi connectivity index (χ0) is 11.4. The van der Waals surface area contributed by atoms with Gasteiger partial charge in [0, 0.05) is 10.6 Å². The number of nitriles is 1. The van der Waals surface area contributed by atoms with Crippen molar-refractivity contribution in [2.24, 2.45) is 0 Å². The van der Waals surface area contributed by atoms with Gasteiger partial charge in [0.15, 0.2) is 6.10 Å². The van der Waals surface area contributed by atoms with Crippen LogP contribution >= 0.6 is 11.6 Å². The molecule has 0 fully saturated rings. The summed E-state index contributed by atoms with van der Waals surface area (Å²) < 4.78 is 5.33. The van der Waals surface area contributed by atoms with Crippen molar-refractivity contribution in [3.8, 4) is 11.8 Å². The molecule has 80 valence electrons. The number of nitrogens with zero attached hydrogens (tertiary/aromatic N) is 1. The van der Waals surface area contributed by atoms with Crippen molar-refractivity contribution in [3.63, 3.8) is 0 Å². The Morgan fingerprint density at radius 3 is 2.67 bits per heavy atom. The molecule has 0 aromatic heterocycles. The van der Waals surface area contributed by atoms with E-state index in [-0.39, 0.29) is 0 Å². The predicted molar refractivity (Wildman–Crippen MR) is 57.8 cm³/mol. The zero-order valence-electron chi connectivity index (χ0n) is 8.57. The van der Waals surface area contributed by atoms with Crippen LogP contribution in [-0.2, 0) is 0 Å². The maximum absolute atomic E-state index is 9.49. The molecule has 0 aliphatic heterocycles. The first-order valence-electron chi connectivity index (χ1n) is 4.58. The lowest BCUT2D eigenvalue weighted by molar-refractivity contribution is 0.188. The lowest BCUT2D eigenvalue weighted by atomic mass is 10.1. The molecular formula is C11H12ClNO2. The Labute approximate surface area is 93.9 Å². The Morgan fingerprint density at radius 1 is 1.47 bits per heavy atom. The summed E-state index contributed by atoms with van der Waals surface area (Å²) in [5.41, 5.74) is 0.588. The van der Waals surface area contributed by atoms with Gasteiger partial charge in [-0.2, -0.15) is 5.26 Å². The Bertz CT molecular complexity index is 385. The summed E-state index contributed by atoms with van der Waals surface area (Å²) in [6.45, 7) is 3.26. The maximum Gasteiger partial charge on any atom is 0.181 e. The van der Waals surface area contributed by atoms with E-state index < -0.39 is 12.2 Å². The molecule has 1 aromatic rings. The molecule has 1 aromatic carbocycles. The van der Waals surface area contributed by atoms with Crippen LogP contribution in [0.3, 0.4) is 0 Å². The molecule has 0 aliphatic carbocycles. The molecule has 0 saturated carbocycles. The minimum atomic E-state index is -0.676. The molecule has 0 amide bonds. The quantitative estimate of drug-likeness (QED) is 0.861. The van der Waals surface area contributed by atoms with Gasteiger partial charge in [-0.15, -0.1) is 0 Å². The molecule has 0 heterocycles. The van der Waals surface area contributed by atoms with Crippen LogP contribution < -0.4 is 4.74 Å². The van der Waals surface area contributed by atoms with E-state index in [1.807, 2.05) is 6.07 Å². The van der Waals surface area contributed by atoms with Gasteiger partial charge in [-0.3, -0.25) is 0 Å². The molecule has 0 radical (unpaired) electrons. The van der Waals surface area contributed by atoms with Crippen molar-refractivity contribution < 1.29 is 9.84 Å². The number of benzene rings is 1. The largest absolute Gasteiger partial charge is 0.475 e. The molecule has 0 aliphatic rings. The third-order valence-electron chi connectivity index (χ3n) is 1.91. The van der Waals surface area contributed by atoms with E-state index in [0.29, 0.717) is 16.3 Å². The van der Waals surface area contributed by atoms with Gasteiger partial charge in [0.1, 0.15) is 11.8 Å². The highest BCUT2D eigenvalue weighted by Crippen LogP contribution is 2.28. The first kappa shape index (κ1) is 11.8. The smallest absolute Gasteiger partial charge is 0.181 e. The van der Waals surface area contributed by atoms with Gasteiger partial charge >= 0.3 is 0 Å². The molecule has 1 unspecified atom stereocenters. The molecule has 15 heavy (non-hydrogen) atoms. The standard InChI is InChI=1S/C11H12ClNO2/c1-7(6-13)15-11-4-3-9(12)5-10(11)8(2)14/h3-5,7-8,14H,1-2H3/t7?,8-/m1/s1. The highest BCUT2D eigenvalue weighted by Gasteiger charge is 2.12. The van der Waals surface area contributed by atoms with Gasteiger partial charge in [-0.1, -0.05) is 11.6 Å². The van der Waals surface area contributed by atoms with E-state index in [9.17, 15) is 5.11 Å². The average Bonchev–Trinajstić information content (AvgIpc) is 2.20. The van der Waals surface area contributed by atoms with Crippen LogP contribution in [0.15, 0.2) is 18.2 Å². The number of halogens is 1. The van der Waals surface area contributed by atoms with Crippen LogP contribution in [0.4, 0.5) is 0 Å². The van der Waals surface area contributed by atoms with E-state index in [4.69, 9.17) is 21.6 Å². The van der Waals surface area contributed by atoms with E-state index in [1.165, 1.54) is 0 Å². The van der Waals surface area contributed by atoms with Crippen molar-refractivity contribution in [2.75, 3.05) is 0 Å². The summed E-state index contributed by atoms with van der Waals surface area (Å²) in [6, 6.07) is 6.90. The molecule has 2 atom stereocenters. The van der Waals surface area contributed by atoms with Crippen LogP contribution in [0.2, 0.25) is 5.02 Å². The Balaban J connectivity index is 3.02. The van der Waals surface area contributed by atoms with Crippen LogP contribution in [-0.4, -0.2) is 11.2 Å². The molecular weight excluding hydrogens is 214 g/mol. The van der Waals surface area contributed by atoms with Crippen molar-refractivity contribution in [1.29, 1.82) is 5.26 Å². The SMILES string of the molecule is CC(C#N)Oc1ccc(Cl)cc1[C@@H](C)O. The van der Waals surface area contributed by atoms with Gasteiger partial charge in [-0.25, -0.2) is 0 Å². The number of aliphatic hydroxyl groups excluding tert-OH is 1. The van der Waals surface area contributed by atoms with E-state index in [2.05, 4.69) is 0 Å². The summed E-state index contributed by atoms with van der Waals surface area (Å²) in [5, 5.41) is 18.6. The third-order valence-corrected chi connectivity index (χ3v) is 2.14. The normalized spacial score (nSPS) is 14.1. The summed E-state index contributed by atoms with van der Waals surface area (Å²) in [7, 11) is 0. The fraction of sp³-hybridized carbons (Fsp3) is 0.364. The lowest BCUT2D eigenvalue weighted by Crippen LogP contribution is -2.10. The van der Waals surface area contributed by atoms with Crippen molar-refractivity contribution in [2.45, 2.75) is 26.1 Å². The number of hydrogen-bond acceptors (Lipinski definition) is 3. The van der Waals surface area contributed by atoms with Crippen LogP contribution in [0.1, 0.15) is 25.5 Å². The molecule has 0 bridgehead atoms. The highest BCUT2D eigenvalue weighted by atomic mass is 35.5. The van der Waals surface area contributed by atoms with Gasteiger partial charge < -0.3 is 9.84 Å². The first-order valence-corrected chi connectivity index (χ1v) is 4.96. The summed E-state index contributed by atoms with van der Waals surface area (Å²) in [4.78, 5) is 0. The molecule has 0 saturated heterocycles. The van der Waals surface area contributed by atoms with Gasteiger partial charge in [-0.05, 0) is 32.0 Å². The molecule has 3 nitrogen and oxygen atoms in total. The summed E-state index contributed by atoms with van der Waals surface area (Å²) in [6.07, 6.45) is -1.23. The minimum absolute atomic E-state index is 0.489.